The second-order valence-corrected chi connectivity index (χ2v) is 13.6. The van der Waals surface area contributed by atoms with Gasteiger partial charge in [0.05, 0.1) is 27.7 Å². The highest BCUT2D eigenvalue weighted by molar-refractivity contribution is 8.60. The van der Waals surface area contributed by atoms with Crippen molar-refractivity contribution in [3.63, 3.8) is 0 Å². The fourth-order valence-electron chi connectivity index (χ4n) is 2.30. The number of carbonyl (C=O) groups is 2. The lowest BCUT2D eigenvalue weighted by Crippen LogP contribution is -2.37. The van der Waals surface area contributed by atoms with Crippen molar-refractivity contribution in [3.05, 3.63) is 0 Å². The summed E-state index contributed by atoms with van der Waals surface area (Å²) in [5.74, 6) is -0.641. The molecule has 1 unspecified atom stereocenters. The maximum absolute atomic E-state index is 12.1. The van der Waals surface area contributed by atoms with Crippen LogP contribution in [0, 0.1) is 0 Å². The molecule has 0 spiro atoms. The topological polar surface area (TPSA) is 71.1 Å². The molecular formula is C20H41NO6PS2+. The lowest BCUT2D eigenvalue weighted by Gasteiger charge is -2.26. The Morgan fingerprint density at radius 2 is 1.50 bits per heavy atom. The van der Waals surface area contributed by atoms with Gasteiger partial charge in [0.2, 0.25) is 5.69 Å². The van der Waals surface area contributed by atoms with Gasteiger partial charge in [-0.3, -0.25) is 9.59 Å². The fraction of sp³-hybridized carbons (Fsp3) is 0.900. The van der Waals surface area contributed by atoms with Gasteiger partial charge in [-0.05, 0) is 24.6 Å². The standard InChI is InChI=1S/C20H40NO6PS2/c1-6-8-10-12-19(22)24-16-18(27-20(23)13-11-9-7-2)17-26-28(29,30)25-15-14-21(3,4)5/h18H,6-17H2,1-5H3/p+1/t18-/m1/s1. The zero-order valence-electron chi connectivity index (χ0n) is 19.3. The van der Waals surface area contributed by atoms with E-state index in [2.05, 4.69) is 47.2 Å². The average Bonchev–Trinajstić information content (AvgIpc) is 2.63. The van der Waals surface area contributed by atoms with Gasteiger partial charge < -0.3 is 23.0 Å². The monoisotopic (exact) mass is 486 g/mol. The molecule has 0 saturated heterocycles. The van der Waals surface area contributed by atoms with E-state index in [0.29, 0.717) is 19.4 Å². The van der Waals surface area contributed by atoms with Crippen LogP contribution in [0.1, 0.15) is 65.2 Å². The minimum atomic E-state index is -2.79. The Kier molecular flexibility index (Phi) is 16.4. The van der Waals surface area contributed by atoms with Gasteiger partial charge in [-0.25, -0.2) is 0 Å². The first-order valence-electron chi connectivity index (χ1n) is 10.8. The molecule has 0 bridgehead atoms. The number of hydrogen-bond acceptors (Lipinski definition) is 7. The maximum Gasteiger partial charge on any atom is 0.306 e. The molecule has 0 aromatic heterocycles. The van der Waals surface area contributed by atoms with E-state index < -0.39 is 11.8 Å². The summed E-state index contributed by atoms with van der Waals surface area (Å²) in [6.45, 7) is 5.23. The first kappa shape index (κ1) is 29.8. The number of quaternary nitrogens is 1. The van der Waals surface area contributed by atoms with E-state index in [9.17, 15) is 9.59 Å². The number of thiol groups is 1. The highest BCUT2D eigenvalue weighted by atomic mass is 32.9. The number of nitrogens with zero attached hydrogens (tertiary/aromatic N) is 1. The molecule has 0 heterocycles. The van der Waals surface area contributed by atoms with Crippen LogP contribution >= 0.6 is 17.9 Å². The first-order valence-corrected chi connectivity index (χ1v) is 14.6. The lowest BCUT2D eigenvalue weighted by molar-refractivity contribution is -0.870. The van der Waals surface area contributed by atoms with Crippen molar-refractivity contribution < 1.29 is 32.6 Å². The molecule has 0 aromatic carbocycles. The third-order valence-electron chi connectivity index (χ3n) is 4.14. The Bertz CT molecular complexity index is 542. The van der Waals surface area contributed by atoms with Crippen molar-refractivity contribution in [2.24, 2.45) is 0 Å². The zero-order chi connectivity index (χ0) is 23.0. The van der Waals surface area contributed by atoms with Crippen molar-refractivity contribution >= 4 is 41.7 Å². The summed E-state index contributed by atoms with van der Waals surface area (Å²) in [4.78, 5) is 24.0. The second-order valence-electron chi connectivity index (χ2n) is 8.32. The normalized spacial score (nSPS) is 14.7. The van der Waals surface area contributed by atoms with Crippen LogP contribution in [0.5, 0.6) is 0 Å². The Morgan fingerprint density at radius 3 is 2.03 bits per heavy atom. The van der Waals surface area contributed by atoms with Crippen LogP contribution in [0.2, 0.25) is 0 Å². The van der Waals surface area contributed by atoms with Crippen molar-refractivity contribution in [2.75, 3.05) is 47.5 Å². The predicted octanol–water partition coefficient (Wildman–Crippen LogP) is 4.50. The highest BCUT2D eigenvalue weighted by Gasteiger charge is 2.22. The summed E-state index contributed by atoms with van der Waals surface area (Å²) in [7, 11) is 6.15. The molecule has 2 atom stereocenters. The number of unbranched alkanes of at least 4 members (excludes halogenated alkanes) is 4. The number of hydrogen-bond donors (Lipinski definition) is 1. The molecule has 30 heavy (non-hydrogen) atoms. The molecule has 7 nitrogen and oxygen atoms in total. The Labute approximate surface area is 193 Å². The van der Waals surface area contributed by atoms with Gasteiger partial charge in [-0.15, -0.1) is 0 Å². The molecule has 0 aliphatic rings. The summed E-state index contributed by atoms with van der Waals surface area (Å²) in [5, 5.41) is 0. The molecular weight excluding hydrogens is 445 g/mol. The summed E-state index contributed by atoms with van der Waals surface area (Å²) in [6, 6.07) is 0. The van der Waals surface area contributed by atoms with E-state index in [4.69, 9.17) is 30.3 Å². The highest BCUT2D eigenvalue weighted by Crippen LogP contribution is 2.53. The van der Waals surface area contributed by atoms with E-state index >= 15 is 0 Å². The van der Waals surface area contributed by atoms with E-state index in [0.717, 1.165) is 49.6 Å². The molecule has 0 aromatic rings. The smallest absolute Gasteiger partial charge is 0.306 e. The number of carbonyl (C=O) groups excluding carboxylic acids is 2. The lowest BCUT2D eigenvalue weighted by atomic mass is 10.2. The predicted molar refractivity (Wildman–Crippen MR) is 127 cm³/mol. The number of ether oxygens (including phenoxy) is 2. The SMILES string of the molecule is CCCCCC(=O)OC[C@H](COP(=S)(S)OCC[N+](C)(C)C)OC(=O)CCCCC. The molecule has 0 fully saturated rings. The van der Waals surface area contributed by atoms with Crippen LogP contribution in [0.4, 0.5) is 0 Å². The number of rotatable bonds is 18. The van der Waals surface area contributed by atoms with Gasteiger partial charge in [0, 0.05) is 12.8 Å². The van der Waals surface area contributed by atoms with Crippen molar-refractivity contribution in [1.29, 1.82) is 0 Å². The molecule has 0 aliphatic heterocycles. The van der Waals surface area contributed by atoms with Crippen molar-refractivity contribution in [2.45, 2.75) is 71.3 Å². The largest absolute Gasteiger partial charge is 0.462 e. The van der Waals surface area contributed by atoms with Crippen LogP contribution in [-0.2, 0) is 39.9 Å². The van der Waals surface area contributed by atoms with Gasteiger partial charge >= 0.3 is 11.9 Å². The molecule has 0 aliphatic carbocycles. The van der Waals surface area contributed by atoms with Gasteiger partial charge in [-0.2, -0.15) is 0 Å². The molecule has 0 rings (SSSR count). The number of likely N-dealkylation sites (N-methyl/N-ethyl adjacent to an activating group) is 1. The maximum atomic E-state index is 12.1. The van der Waals surface area contributed by atoms with Crippen LogP contribution in [0.25, 0.3) is 0 Å². The average molecular weight is 487 g/mol. The molecule has 0 amide bonds. The minimum Gasteiger partial charge on any atom is -0.462 e. The van der Waals surface area contributed by atoms with Crippen LogP contribution < -0.4 is 0 Å². The Hall–Kier alpha value is -0.180. The molecule has 10 heteroatoms. The summed E-state index contributed by atoms with van der Waals surface area (Å²) in [5.41, 5.74) is -2.79. The molecule has 178 valence electrons. The van der Waals surface area contributed by atoms with E-state index in [1.54, 1.807) is 0 Å². The van der Waals surface area contributed by atoms with Crippen LogP contribution in [-0.4, -0.2) is 70.0 Å². The van der Waals surface area contributed by atoms with Crippen LogP contribution in [0.3, 0.4) is 0 Å². The van der Waals surface area contributed by atoms with Gasteiger partial charge in [-0.1, -0.05) is 51.8 Å². The summed E-state index contributed by atoms with van der Waals surface area (Å²) in [6.07, 6.45) is 5.47. The second kappa shape index (κ2) is 16.5. The van der Waals surface area contributed by atoms with Crippen LogP contribution in [0.15, 0.2) is 0 Å². The van der Waals surface area contributed by atoms with E-state index in [1.807, 2.05) is 0 Å². The molecule has 0 radical (unpaired) electrons. The van der Waals surface area contributed by atoms with Gasteiger partial charge in [0.25, 0.3) is 0 Å². The van der Waals surface area contributed by atoms with Gasteiger partial charge in [0.15, 0.2) is 6.10 Å². The third kappa shape index (κ3) is 18.6. The minimum absolute atomic E-state index is 0.0209. The Balaban J connectivity index is 4.63. The quantitative estimate of drug-likeness (QED) is 0.101. The van der Waals surface area contributed by atoms with Crippen molar-refractivity contribution in [3.8, 4) is 0 Å². The molecule has 0 N–H and O–H groups in total. The number of esters is 2. The third-order valence-corrected chi connectivity index (χ3v) is 6.45. The fourth-order valence-corrected chi connectivity index (χ4v) is 3.90. The Morgan fingerprint density at radius 1 is 0.933 bits per heavy atom. The first-order chi connectivity index (χ1) is 14.0. The van der Waals surface area contributed by atoms with E-state index in [1.165, 1.54) is 0 Å². The van der Waals surface area contributed by atoms with Crippen molar-refractivity contribution in [1.82, 2.24) is 0 Å². The van der Waals surface area contributed by atoms with E-state index in [-0.39, 0.29) is 25.2 Å². The summed E-state index contributed by atoms with van der Waals surface area (Å²) >= 11 is 9.67. The summed E-state index contributed by atoms with van der Waals surface area (Å²) < 4.78 is 22.8. The van der Waals surface area contributed by atoms with Gasteiger partial charge in [0.1, 0.15) is 19.8 Å². The molecule has 0 saturated carbocycles. The zero-order valence-corrected chi connectivity index (χ0v) is 21.9.